The van der Waals surface area contributed by atoms with Crippen LogP contribution in [-0.4, -0.2) is 68.7 Å². The number of rotatable bonds is 8. The van der Waals surface area contributed by atoms with Gasteiger partial charge in [-0.2, -0.15) is 0 Å². The number of aliphatic hydroxyl groups is 1. The van der Waals surface area contributed by atoms with Crippen molar-refractivity contribution in [2.24, 2.45) is 0 Å². The number of aliphatic hydroxyl groups excluding tert-OH is 1. The van der Waals surface area contributed by atoms with Crippen LogP contribution < -0.4 is 5.32 Å². The predicted molar refractivity (Wildman–Crippen MR) is 89.5 cm³/mol. The first-order valence-electron chi connectivity index (χ1n) is 7.36. The van der Waals surface area contributed by atoms with E-state index < -0.39 is 16.1 Å². The van der Waals surface area contributed by atoms with Crippen molar-refractivity contribution in [3.63, 3.8) is 0 Å². The quantitative estimate of drug-likeness (QED) is 0.725. The number of carbonyl (C=O) groups is 1. The molecule has 0 aliphatic carbocycles. The lowest BCUT2D eigenvalue weighted by atomic mass is 10.1. The first-order chi connectivity index (χ1) is 10.7. The lowest BCUT2D eigenvalue weighted by Crippen LogP contribution is -2.41. The minimum atomic E-state index is -3.32. The zero-order chi connectivity index (χ0) is 17.5. The number of benzene rings is 1. The predicted octanol–water partition coefficient (Wildman–Crippen LogP) is 0.643. The van der Waals surface area contributed by atoms with Gasteiger partial charge in [0.15, 0.2) is 0 Å². The van der Waals surface area contributed by atoms with Crippen LogP contribution in [0.3, 0.4) is 0 Å². The molecule has 23 heavy (non-hydrogen) atoms. The molecule has 0 aliphatic heterocycles. The normalized spacial score (nSPS) is 12.9. The molecule has 130 valence electrons. The maximum Gasteiger partial charge on any atom is 0.317 e. The Bertz CT molecular complexity index is 590. The van der Waals surface area contributed by atoms with E-state index in [9.17, 15) is 18.3 Å². The number of sulfonamides is 1. The van der Waals surface area contributed by atoms with Crippen LogP contribution in [0.2, 0.25) is 0 Å². The highest BCUT2D eigenvalue weighted by atomic mass is 32.2. The molecular weight excluding hydrogens is 318 g/mol. The van der Waals surface area contributed by atoms with Crippen molar-refractivity contribution in [3.8, 4) is 0 Å². The highest BCUT2D eigenvalue weighted by Gasteiger charge is 2.15. The Labute approximate surface area is 138 Å². The Balaban J connectivity index is 2.34. The minimum Gasteiger partial charge on any atom is -0.388 e. The highest BCUT2D eigenvalue weighted by molar-refractivity contribution is 7.89. The Hall–Kier alpha value is -1.64. The second-order valence-corrected chi connectivity index (χ2v) is 7.77. The minimum absolute atomic E-state index is 0.0466. The van der Waals surface area contributed by atoms with Crippen LogP contribution in [0.5, 0.6) is 0 Å². The summed E-state index contributed by atoms with van der Waals surface area (Å²) in [6.45, 7) is 0.410. The van der Waals surface area contributed by atoms with E-state index in [1.165, 1.54) is 19.0 Å². The average molecular weight is 343 g/mol. The fourth-order valence-electron chi connectivity index (χ4n) is 1.86. The van der Waals surface area contributed by atoms with Crippen LogP contribution in [0.1, 0.15) is 18.1 Å². The number of hydrogen-bond acceptors (Lipinski definition) is 4. The smallest absolute Gasteiger partial charge is 0.317 e. The summed E-state index contributed by atoms with van der Waals surface area (Å²) in [5, 5.41) is 12.6. The maximum absolute atomic E-state index is 11.9. The van der Waals surface area contributed by atoms with Gasteiger partial charge in [0.25, 0.3) is 0 Å². The van der Waals surface area contributed by atoms with E-state index in [1.807, 2.05) is 30.3 Å². The van der Waals surface area contributed by atoms with E-state index in [0.717, 1.165) is 9.87 Å². The van der Waals surface area contributed by atoms with E-state index in [0.29, 0.717) is 13.0 Å². The fraction of sp³-hybridized carbons (Fsp3) is 0.533. The number of nitrogens with zero attached hydrogens (tertiary/aromatic N) is 2. The molecule has 0 fully saturated rings. The Kier molecular flexibility index (Phi) is 7.47. The molecule has 0 saturated carbocycles. The second kappa shape index (κ2) is 8.85. The number of amides is 2. The highest BCUT2D eigenvalue weighted by Crippen LogP contribution is 2.15. The van der Waals surface area contributed by atoms with E-state index in [2.05, 4.69) is 5.32 Å². The van der Waals surface area contributed by atoms with E-state index in [4.69, 9.17) is 0 Å². The molecule has 1 atom stereocenters. The Morgan fingerprint density at radius 2 is 1.83 bits per heavy atom. The second-order valence-electron chi connectivity index (χ2n) is 5.47. The summed E-state index contributed by atoms with van der Waals surface area (Å²) in [5.41, 5.74) is 0.804. The summed E-state index contributed by atoms with van der Waals surface area (Å²) in [6, 6.07) is 8.87. The third kappa shape index (κ3) is 6.55. The van der Waals surface area contributed by atoms with Gasteiger partial charge in [0.05, 0.1) is 11.9 Å². The van der Waals surface area contributed by atoms with Crippen molar-refractivity contribution in [3.05, 3.63) is 35.9 Å². The Morgan fingerprint density at radius 1 is 1.22 bits per heavy atom. The van der Waals surface area contributed by atoms with E-state index in [1.54, 1.807) is 7.05 Å². The van der Waals surface area contributed by atoms with E-state index in [-0.39, 0.29) is 18.3 Å². The number of urea groups is 1. The standard InChI is InChI=1S/C15H25N3O4S/c1-17(2)23(21,22)12-10-16-15(20)18(3)11-9-14(19)13-7-5-4-6-8-13/h4-8,14,19H,9-12H2,1-3H3,(H,16,20)/t14-/m0/s1. The zero-order valence-electron chi connectivity index (χ0n) is 13.8. The number of carbonyl (C=O) groups excluding carboxylic acids is 1. The van der Waals surface area contributed by atoms with Gasteiger partial charge >= 0.3 is 6.03 Å². The van der Waals surface area contributed by atoms with Crippen molar-refractivity contribution in [1.29, 1.82) is 0 Å². The molecule has 1 aromatic carbocycles. The van der Waals surface area contributed by atoms with Gasteiger partial charge in [-0.3, -0.25) is 0 Å². The van der Waals surface area contributed by atoms with Gasteiger partial charge in [-0.05, 0) is 12.0 Å². The lowest BCUT2D eigenvalue weighted by Gasteiger charge is -2.20. The summed E-state index contributed by atoms with van der Waals surface area (Å²) in [5.74, 6) is -0.147. The van der Waals surface area contributed by atoms with Crippen molar-refractivity contribution in [2.75, 3.05) is 40.0 Å². The molecule has 0 bridgehead atoms. The molecular formula is C15H25N3O4S. The first-order valence-corrected chi connectivity index (χ1v) is 8.97. The van der Waals surface area contributed by atoms with E-state index >= 15 is 0 Å². The topological polar surface area (TPSA) is 90.0 Å². The molecule has 0 aromatic heterocycles. The fourth-order valence-corrected chi connectivity index (χ4v) is 2.59. The Morgan fingerprint density at radius 3 is 2.39 bits per heavy atom. The lowest BCUT2D eigenvalue weighted by molar-refractivity contribution is 0.150. The molecule has 0 heterocycles. The van der Waals surface area contributed by atoms with Gasteiger partial charge in [-0.15, -0.1) is 0 Å². The third-order valence-corrected chi connectivity index (χ3v) is 5.29. The van der Waals surface area contributed by atoms with Crippen LogP contribution in [0.15, 0.2) is 30.3 Å². The molecule has 0 unspecified atom stereocenters. The van der Waals surface area contributed by atoms with Gasteiger partial charge in [-0.25, -0.2) is 17.5 Å². The molecule has 0 saturated heterocycles. The maximum atomic E-state index is 11.9. The molecule has 0 spiro atoms. The van der Waals surface area contributed by atoms with Crippen LogP contribution in [0.4, 0.5) is 4.79 Å². The molecule has 8 heteroatoms. The molecule has 7 nitrogen and oxygen atoms in total. The van der Waals surface area contributed by atoms with Gasteiger partial charge in [0, 0.05) is 34.2 Å². The van der Waals surface area contributed by atoms with Gasteiger partial charge in [0.1, 0.15) is 0 Å². The first kappa shape index (κ1) is 19.4. The molecule has 1 rings (SSSR count). The molecule has 1 aromatic rings. The summed E-state index contributed by atoms with van der Waals surface area (Å²) in [7, 11) is 1.19. The van der Waals surface area contributed by atoms with Crippen molar-refractivity contribution in [1.82, 2.24) is 14.5 Å². The average Bonchev–Trinajstić information content (AvgIpc) is 2.52. The van der Waals surface area contributed by atoms with Crippen molar-refractivity contribution in [2.45, 2.75) is 12.5 Å². The molecule has 2 N–H and O–H groups in total. The van der Waals surface area contributed by atoms with Gasteiger partial charge < -0.3 is 15.3 Å². The van der Waals surface area contributed by atoms with Crippen LogP contribution in [0.25, 0.3) is 0 Å². The van der Waals surface area contributed by atoms with Crippen molar-refractivity contribution < 1.29 is 18.3 Å². The van der Waals surface area contributed by atoms with Crippen LogP contribution in [0, 0.1) is 0 Å². The van der Waals surface area contributed by atoms with Crippen LogP contribution in [-0.2, 0) is 10.0 Å². The molecule has 0 aliphatic rings. The number of hydrogen-bond donors (Lipinski definition) is 2. The van der Waals surface area contributed by atoms with Gasteiger partial charge in [0.2, 0.25) is 10.0 Å². The molecule has 0 radical (unpaired) electrons. The SMILES string of the molecule is CN(CC[C@H](O)c1ccccc1)C(=O)NCCS(=O)(=O)N(C)C. The summed E-state index contributed by atoms with van der Waals surface area (Å²) >= 11 is 0. The monoisotopic (exact) mass is 343 g/mol. The van der Waals surface area contributed by atoms with Crippen molar-refractivity contribution >= 4 is 16.1 Å². The zero-order valence-corrected chi connectivity index (χ0v) is 14.6. The number of nitrogens with one attached hydrogen (secondary N) is 1. The summed E-state index contributed by atoms with van der Waals surface area (Å²) in [6.07, 6.45) is -0.232. The van der Waals surface area contributed by atoms with Gasteiger partial charge in [-0.1, -0.05) is 30.3 Å². The largest absolute Gasteiger partial charge is 0.388 e. The summed E-state index contributed by atoms with van der Waals surface area (Å²) in [4.78, 5) is 13.3. The third-order valence-electron chi connectivity index (χ3n) is 3.46. The summed E-state index contributed by atoms with van der Waals surface area (Å²) < 4.78 is 24.3. The van der Waals surface area contributed by atoms with Crippen LogP contribution >= 0.6 is 0 Å². The molecule has 2 amide bonds.